The quantitative estimate of drug-likeness (QED) is 0.406. The number of halogens is 1. The van der Waals surface area contributed by atoms with Crippen LogP contribution in [-0.2, 0) is 26.3 Å². The van der Waals surface area contributed by atoms with E-state index in [0.717, 1.165) is 10.5 Å². The molecule has 3 aromatic carbocycles. The van der Waals surface area contributed by atoms with Gasteiger partial charge in [-0.1, -0.05) is 42.5 Å². The number of aromatic nitrogens is 2. The number of imidazole rings is 1. The summed E-state index contributed by atoms with van der Waals surface area (Å²) in [5, 5.41) is 2.71. The topological polar surface area (TPSA) is 104 Å². The number of cyclic esters (lactones) is 1. The number of benzene rings is 3. The summed E-state index contributed by atoms with van der Waals surface area (Å²) >= 11 is 0. The smallest absolute Gasteiger partial charge is 0.418 e. The number of hydrogen-bond donors (Lipinski definition) is 2. The van der Waals surface area contributed by atoms with Crippen molar-refractivity contribution in [3.05, 3.63) is 95.6 Å². The van der Waals surface area contributed by atoms with E-state index in [1.165, 1.54) is 31.2 Å². The number of nitrogens with one attached hydrogen (secondary N) is 2. The lowest BCUT2D eigenvalue weighted by Crippen LogP contribution is -2.42. The number of amides is 3. The molecule has 9 heteroatoms. The molecule has 0 aliphatic carbocycles. The van der Waals surface area contributed by atoms with Gasteiger partial charge < -0.3 is 15.0 Å². The maximum Gasteiger partial charge on any atom is 0.418 e. The van der Waals surface area contributed by atoms with E-state index in [4.69, 9.17) is 4.74 Å². The number of H-pyrrole nitrogens is 1. The van der Waals surface area contributed by atoms with Gasteiger partial charge in [0.25, 0.3) is 11.5 Å². The summed E-state index contributed by atoms with van der Waals surface area (Å²) < 4.78 is 19.3. The number of carbonyl (C=O) groups is 3. The summed E-state index contributed by atoms with van der Waals surface area (Å²) in [6.45, 7) is 3.09. The van der Waals surface area contributed by atoms with E-state index in [1.807, 2.05) is 30.3 Å². The highest BCUT2D eigenvalue weighted by atomic mass is 19.1. The van der Waals surface area contributed by atoms with Crippen molar-refractivity contribution in [1.82, 2.24) is 14.9 Å². The second-order valence-electron chi connectivity index (χ2n) is 8.76. The summed E-state index contributed by atoms with van der Waals surface area (Å²) in [6.07, 6.45) is -0.754. The van der Waals surface area contributed by atoms with Gasteiger partial charge in [-0.3, -0.25) is 9.59 Å². The van der Waals surface area contributed by atoms with Gasteiger partial charge in [0.15, 0.2) is 5.82 Å². The van der Waals surface area contributed by atoms with Gasteiger partial charge in [-0.2, -0.15) is 0 Å². The molecular formula is C27H23FN4O4. The fraction of sp³-hybridized carbons (Fsp3) is 0.185. The van der Waals surface area contributed by atoms with Gasteiger partial charge in [0, 0.05) is 19.0 Å². The minimum absolute atomic E-state index is 0.0590. The van der Waals surface area contributed by atoms with Crippen LogP contribution in [0.1, 0.15) is 36.8 Å². The van der Waals surface area contributed by atoms with Crippen LogP contribution < -0.4 is 5.32 Å². The summed E-state index contributed by atoms with van der Waals surface area (Å²) in [5.74, 6) is -1.04. The fourth-order valence-electron chi connectivity index (χ4n) is 4.45. The zero-order valence-electron chi connectivity index (χ0n) is 19.6. The van der Waals surface area contributed by atoms with Crippen LogP contribution in [0.15, 0.2) is 72.8 Å². The van der Waals surface area contributed by atoms with Gasteiger partial charge in [-0.05, 0) is 48.4 Å². The Balaban J connectivity index is 1.59. The average Bonchev–Trinajstić information content (AvgIpc) is 3.38. The van der Waals surface area contributed by atoms with Crippen LogP contribution in [0.3, 0.4) is 0 Å². The van der Waals surface area contributed by atoms with Gasteiger partial charge in [-0.25, -0.2) is 19.1 Å². The Morgan fingerprint density at radius 1 is 1.11 bits per heavy atom. The van der Waals surface area contributed by atoms with Crippen molar-refractivity contribution in [2.75, 3.05) is 5.32 Å². The van der Waals surface area contributed by atoms with Gasteiger partial charge in [0.05, 0.1) is 17.1 Å². The summed E-state index contributed by atoms with van der Waals surface area (Å²) in [5.41, 5.74) is 1.29. The Morgan fingerprint density at radius 3 is 2.53 bits per heavy atom. The number of ether oxygens (including phenoxy) is 1. The molecule has 36 heavy (non-hydrogen) atoms. The number of hydrogen-bond acceptors (Lipinski definition) is 5. The molecule has 1 aromatic heterocycles. The Labute approximate surface area is 206 Å². The molecule has 8 nitrogen and oxygen atoms in total. The van der Waals surface area contributed by atoms with Crippen LogP contribution in [0.2, 0.25) is 0 Å². The first-order valence-electron chi connectivity index (χ1n) is 11.4. The van der Waals surface area contributed by atoms with Crippen molar-refractivity contribution in [2.45, 2.75) is 31.9 Å². The number of aromatic amines is 1. The third-order valence-corrected chi connectivity index (χ3v) is 6.24. The molecule has 1 aliphatic heterocycles. The lowest BCUT2D eigenvalue weighted by Gasteiger charge is -2.25. The Bertz CT molecular complexity index is 1470. The number of fused-ring (bicyclic) bond motifs is 1. The van der Waals surface area contributed by atoms with Crippen molar-refractivity contribution in [3.63, 3.8) is 0 Å². The molecule has 0 bridgehead atoms. The number of carbonyl (C=O) groups excluding carboxylic acids is 3. The Hall–Kier alpha value is -4.53. The van der Waals surface area contributed by atoms with Gasteiger partial charge in [-0.15, -0.1) is 0 Å². The maximum atomic E-state index is 14.0. The molecule has 3 amide bonds. The van der Waals surface area contributed by atoms with Crippen LogP contribution in [-0.4, -0.2) is 32.8 Å². The molecule has 1 fully saturated rings. The predicted molar refractivity (Wildman–Crippen MR) is 130 cm³/mol. The molecule has 2 atom stereocenters. The molecule has 0 unspecified atom stereocenters. The van der Waals surface area contributed by atoms with Crippen LogP contribution in [0.25, 0.3) is 11.0 Å². The third-order valence-electron chi connectivity index (χ3n) is 6.24. The minimum atomic E-state index is -1.74. The molecular weight excluding hydrogens is 463 g/mol. The number of imide groups is 1. The van der Waals surface area contributed by atoms with Crippen molar-refractivity contribution in [3.8, 4) is 0 Å². The number of nitrogens with zero attached hydrogens (tertiary/aromatic N) is 2. The summed E-state index contributed by atoms with van der Waals surface area (Å²) in [6, 6.07) is 19.2. The lowest BCUT2D eigenvalue weighted by molar-refractivity contribution is -0.139. The zero-order valence-corrected chi connectivity index (χ0v) is 19.6. The monoisotopic (exact) mass is 486 g/mol. The van der Waals surface area contributed by atoms with Crippen molar-refractivity contribution in [2.24, 2.45) is 0 Å². The van der Waals surface area contributed by atoms with Gasteiger partial charge >= 0.3 is 6.09 Å². The fourth-order valence-corrected chi connectivity index (χ4v) is 4.45. The van der Waals surface area contributed by atoms with E-state index in [-0.39, 0.29) is 18.2 Å². The Kier molecular flexibility index (Phi) is 5.75. The molecule has 4 aromatic rings. The molecule has 0 saturated carbocycles. The van der Waals surface area contributed by atoms with Crippen LogP contribution >= 0.6 is 0 Å². The molecule has 0 radical (unpaired) electrons. The zero-order chi connectivity index (χ0) is 25.4. The highest BCUT2D eigenvalue weighted by molar-refractivity contribution is 6.04. The summed E-state index contributed by atoms with van der Waals surface area (Å²) in [7, 11) is 0. The van der Waals surface area contributed by atoms with E-state index in [0.29, 0.717) is 22.3 Å². The molecule has 2 heterocycles. The first kappa shape index (κ1) is 23.2. The Morgan fingerprint density at radius 2 is 1.83 bits per heavy atom. The van der Waals surface area contributed by atoms with E-state index < -0.39 is 29.5 Å². The molecule has 1 saturated heterocycles. The SMILES string of the molecule is CC(=O)Nc1ccc2nc([C@@]3(Cc4ccccc4)OC(=O)N([C@H](C)c4ccc(F)cc4)C3=O)[nH]c2c1. The number of anilines is 1. The third kappa shape index (κ3) is 4.08. The first-order chi connectivity index (χ1) is 17.3. The number of rotatable bonds is 6. The van der Waals surface area contributed by atoms with Crippen molar-refractivity contribution in [1.29, 1.82) is 0 Å². The minimum Gasteiger partial charge on any atom is -0.424 e. The van der Waals surface area contributed by atoms with E-state index in [2.05, 4.69) is 15.3 Å². The van der Waals surface area contributed by atoms with Crippen molar-refractivity contribution < 1.29 is 23.5 Å². The van der Waals surface area contributed by atoms with Crippen LogP contribution in [0, 0.1) is 5.82 Å². The van der Waals surface area contributed by atoms with Gasteiger partial charge in [0.2, 0.25) is 5.91 Å². The summed E-state index contributed by atoms with van der Waals surface area (Å²) in [4.78, 5) is 47.4. The maximum absolute atomic E-state index is 14.0. The average molecular weight is 487 g/mol. The van der Waals surface area contributed by atoms with Crippen LogP contribution in [0.5, 0.6) is 0 Å². The largest absolute Gasteiger partial charge is 0.424 e. The lowest BCUT2D eigenvalue weighted by atomic mass is 9.92. The normalized spacial score (nSPS) is 18.4. The molecule has 5 rings (SSSR count). The van der Waals surface area contributed by atoms with E-state index in [1.54, 1.807) is 25.1 Å². The van der Waals surface area contributed by atoms with E-state index >= 15 is 0 Å². The van der Waals surface area contributed by atoms with Crippen molar-refractivity contribution >= 4 is 34.6 Å². The highest BCUT2D eigenvalue weighted by Crippen LogP contribution is 2.41. The first-order valence-corrected chi connectivity index (χ1v) is 11.4. The van der Waals surface area contributed by atoms with Crippen LogP contribution in [0.4, 0.5) is 14.9 Å². The standard InChI is InChI=1S/C27H23FN4O4/c1-16(19-8-10-20(28)11-9-19)32-25(34)27(36-26(32)35,15-18-6-4-3-5-7-18)24-30-22-13-12-21(29-17(2)33)14-23(22)31-24/h3-14,16H,15H2,1-2H3,(H,29,33)(H,30,31)/t16-,27-/m1/s1. The molecule has 182 valence electrons. The molecule has 2 N–H and O–H groups in total. The second kappa shape index (κ2) is 8.92. The van der Waals surface area contributed by atoms with E-state index in [9.17, 15) is 18.8 Å². The second-order valence-corrected chi connectivity index (χ2v) is 8.76. The predicted octanol–water partition coefficient (Wildman–Crippen LogP) is 4.84. The van der Waals surface area contributed by atoms with Gasteiger partial charge in [0.1, 0.15) is 5.82 Å². The molecule has 1 aliphatic rings. The highest BCUT2D eigenvalue weighted by Gasteiger charge is 2.58. The molecule has 0 spiro atoms.